The molecule has 0 saturated heterocycles. The fourth-order valence-electron chi connectivity index (χ4n) is 3.80. The van der Waals surface area contributed by atoms with E-state index in [-0.39, 0.29) is 11.4 Å². The Hall–Kier alpha value is -4.47. The maximum Gasteiger partial charge on any atom is 0.257 e. The van der Waals surface area contributed by atoms with Gasteiger partial charge in [0.05, 0.1) is 17.6 Å². The monoisotopic (exact) mass is 489 g/mol. The van der Waals surface area contributed by atoms with Gasteiger partial charge in [0.2, 0.25) is 5.95 Å². The number of allylic oxidation sites excluding steroid dienone is 5. The molecule has 0 atom stereocenters. The number of aromatic nitrogens is 6. The molecule has 0 saturated carbocycles. The molecule has 4 aromatic heterocycles. The molecule has 1 N–H and O–H groups in total. The molecule has 10 heteroatoms. The summed E-state index contributed by atoms with van der Waals surface area (Å²) >= 11 is 0. The number of nitrogens with one attached hydrogen (secondary N) is 1. The van der Waals surface area contributed by atoms with E-state index in [1.807, 2.05) is 26.8 Å². The molecule has 0 bridgehead atoms. The summed E-state index contributed by atoms with van der Waals surface area (Å²) in [6.07, 6.45) is 7.66. The molecule has 0 radical (unpaired) electrons. The zero-order chi connectivity index (χ0) is 25.8. The molecule has 0 aromatic carbocycles. The zero-order valence-electron chi connectivity index (χ0n) is 20.2. The van der Waals surface area contributed by atoms with E-state index in [1.165, 1.54) is 18.3 Å². The van der Waals surface area contributed by atoms with Gasteiger partial charge in [0.25, 0.3) is 5.91 Å². The van der Waals surface area contributed by atoms with E-state index in [4.69, 9.17) is 10.1 Å². The quantitative estimate of drug-likeness (QED) is 0.264. The summed E-state index contributed by atoms with van der Waals surface area (Å²) in [4.78, 5) is 25.1. The van der Waals surface area contributed by atoms with Crippen LogP contribution in [0, 0.1) is 5.95 Å². The third kappa shape index (κ3) is 4.97. The molecule has 4 rings (SSSR count). The number of rotatable bonds is 8. The lowest BCUT2D eigenvalue weighted by Gasteiger charge is -2.10. The summed E-state index contributed by atoms with van der Waals surface area (Å²) < 4.78 is 30.6. The highest BCUT2D eigenvalue weighted by Crippen LogP contribution is 2.30. The predicted molar refractivity (Wildman–Crippen MR) is 134 cm³/mol. The molecule has 0 spiro atoms. The molecule has 36 heavy (non-hydrogen) atoms. The van der Waals surface area contributed by atoms with Gasteiger partial charge in [-0.1, -0.05) is 19.6 Å². The van der Waals surface area contributed by atoms with Crippen molar-refractivity contribution >= 4 is 22.9 Å². The van der Waals surface area contributed by atoms with E-state index in [2.05, 4.69) is 26.4 Å². The Kier molecular flexibility index (Phi) is 7.14. The molecule has 0 aliphatic carbocycles. The first-order chi connectivity index (χ1) is 17.3. The van der Waals surface area contributed by atoms with Gasteiger partial charge >= 0.3 is 0 Å². The lowest BCUT2D eigenvalue weighted by Crippen LogP contribution is -2.12. The highest BCUT2D eigenvalue weighted by Gasteiger charge is 2.20. The Labute approximate surface area is 206 Å². The van der Waals surface area contributed by atoms with E-state index in [9.17, 15) is 13.6 Å². The van der Waals surface area contributed by atoms with E-state index < -0.39 is 17.7 Å². The van der Waals surface area contributed by atoms with Gasteiger partial charge in [0, 0.05) is 30.8 Å². The van der Waals surface area contributed by atoms with Crippen molar-refractivity contribution in [2.45, 2.75) is 33.7 Å². The van der Waals surface area contributed by atoms with Crippen LogP contribution in [0.15, 0.2) is 67.3 Å². The topological polar surface area (TPSA) is 90.0 Å². The van der Waals surface area contributed by atoms with Gasteiger partial charge in [-0.05, 0) is 49.8 Å². The molecule has 4 heterocycles. The third-order valence-electron chi connectivity index (χ3n) is 5.53. The first-order valence-corrected chi connectivity index (χ1v) is 11.4. The van der Waals surface area contributed by atoms with Gasteiger partial charge in [0.15, 0.2) is 11.5 Å². The molecule has 0 fully saturated rings. The second kappa shape index (κ2) is 10.4. The first-order valence-electron chi connectivity index (χ1n) is 11.4. The van der Waals surface area contributed by atoms with Crippen LogP contribution in [0.5, 0.6) is 0 Å². The van der Waals surface area contributed by atoms with Crippen molar-refractivity contribution in [3.05, 3.63) is 90.3 Å². The molecule has 0 aliphatic rings. The number of carbonyl (C=O) groups excluding carboxylic acids is 1. The molecule has 4 aromatic rings. The lowest BCUT2D eigenvalue weighted by molar-refractivity contribution is 0.102. The van der Waals surface area contributed by atoms with Crippen LogP contribution in [0.25, 0.3) is 22.6 Å². The minimum Gasteiger partial charge on any atom is -0.326 e. The minimum absolute atomic E-state index is 0.126. The summed E-state index contributed by atoms with van der Waals surface area (Å²) in [5, 5.41) is 7.36. The van der Waals surface area contributed by atoms with E-state index >= 15 is 0 Å². The number of aryl methyl sites for hydroxylation is 1. The summed E-state index contributed by atoms with van der Waals surface area (Å²) in [5.41, 5.74) is 3.54. The number of anilines is 1. The summed E-state index contributed by atoms with van der Waals surface area (Å²) in [5.74, 6) is -0.552. The van der Waals surface area contributed by atoms with Crippen LogP contribution in [0.2, 0.25) is 0 Å². The number of amides is 1. The fraction of sp³-hybridized carbons (Fsp3) is 0.192. The Morgan fingerprint density at radius 1 is 1.19 bits per heavy atom. The van der Waals surface area contributed by atoms with Gasteiger partial charge < -0.3 is 9.88 Å². The molecule has 184 valence electrons. The minimum atomic E-state index is -0.745. The number of hydrogen-bond acceptors (Lipinski definition) is 5. The summed E-state index contributed by atoms with van der Waals surface area (Å²) in [7, 11) is 0. The molecule has 0 unspecified atom stereocenters. The molecule has 0 aliphatic heterocycles. The molecular weight excluding hydrogens is 464 g/mol. The van der Waals surface area contributed by atoms with Crippen molar-refractivity contribution in [3.63, 3.8) is 0 Å². The van der Waals surface area contributed by atoms with Crippen molar-refractivity contribution < 1.29 is 13.6 Å². The van der Waals surface area contributed by atoms with Gasteiger partial charge in [-0.3, -0.25) is 4.79 Å². The number of halogens is 2. The maximum atomic E-state index is 13.6. The van der Waals surface area contributed by atoms with Crippen LogP contribution in [-0.2, 0) is 13.0 Å². The Balaban J connectivity index is 1.74. The average molecular weight is 490 g/mol. The lowest BCUT2D eigenvalue weighted by atomic mass is 10.1. The SMILES string of the molecule is C=CC(F)=CC=C(C)c1nc(CC)n(CC)c1-c1ccc2nc(NC(=O)c3ccnc(F)c3)cn2n1. The Morgan fingerprint density at radius 2 is 2.00 bits per heavy atom. The van der Waals surface area contributed by atoms with Crippen molar-refractivity contribution in [1.82, 2.24) is 29.1 Å². The van der Waals surface area contributed by atoms with Gasteiger partial charge in [0.1, 0.15) is 17.3 Å². The first kappa shape index (κ1) is 24.6. The predicted octanol–water partition coefficient (Wildman–Crippen LogP) is 5.40. The number of pyridine rings is 1. The zero-order valence-corrected chi connectivity index (χ0v) is 20.2. The number of hydrogen-bond donors (Lipinski definition) is 1. The van der Waals surface area contributed by atoms with Crippen LogP contribution in [-0.4, -0.2) is 35.0 Å². The van der Waals surface area contributed by atoms with Crippen LogP contribution < -0.4 is 5.32 Å². The highest BCUT2D eigenvalue weighted by molar-refractivity contribution is 6.03. The normalized spacial score (nSPS) is 12.2. The molecule has 1 amide bonds. The highest BCUT2D eigenvalue weighted by atomic mass is 19.1. The standard InChI is InChI=1S/C26H25F2N7O/c1-5-18(27)9-8-16(4)24-25(34(7-3)22(6-2)32-24)19-10-11-23-30-21(15-35(23)33-19)31-26(36)17-12-13-29-20(28)14-17/h5,8-15H,1,6-7H2,2-4H3,(H,31,36). The molecule has 8 nitrogen and oxygen atoms in total. The summed E-state index contributed by atoms with van der Waals surface area (Å²) in [6.45, 7) is 10.0. The Bertz CT molecular complexity index is 1510. The number of imidazole rings is 2. The van der Waals surface area contributed by atoms with Gasteiger partial charge in [-0.25, -0.2) is 23.9 Å². The van der Waals surface area contributed by atoms with E-state index in [0.29, 0.717) is 30.0 Å². The van der Waals surface area contributed by atoms with Gasteiger partial charge in [-0.2, -0.15) is 9.49 Å². The smallest absolute Gasteiger partial charge is 0.257 e. The fourth-order valence-corrected chi connectivity index (χ4v) is 3.80. The molecular formula is C26H25F2N7O. The second-order valence-electron chi connectivity index (χ2n) is 7.90. The van der Waals surface area contributed by atoms with E-state index in [0.717, 1.165) is 29.2 Å². The number of fused-ring (bicyclic) bond motifs is 1. The van der Waals surface area contributed by atoms with Gasteiger partial charge in [-0.15, -0.1) is 0 Å². The van der Waals surface area contributed by atoms with Crippen LogP contribution >= 0.6 is 0 Å². The van der Waals surface area contributed by atoms with Crippen LogP contribution in [0.4, 0.5) is 14.6 Å². The number of carbonyl (C=O) groups is 1. The second-order valence-corrected chi connectivity index (χ2v) is 7.90. The average Bonchev–Trinajstić information content (AvgIpc) is 3.46. The van der Waals surface area contributed by atoms with Crippen molar-refractivity contribution in [1.29, 1.82) is 0 Å². The third-order valence-corrected chi connectivity index (χ3v) is 5.53. The maximum absolute atomic E-state index is 13.6. The van der Waals surface area contributed by atoms with Crippen molar-refractivity contribution in [2.24, 2.45) is 0 Å². The van der Waals surface area contributed by atoms with Crippen molar-refractivity contribution in [3.8, 4) is 11.4 Å². The van der Waals surface area contributed by atoms with Crippen LogP contribution in [0.3, 0.4) is 0 Å². The Morgan fingerprint density at radius 3 is 2.69 bits per heavy atom. The van der Waals surface area contributed by atoms with E-state index in [1.54, 1.807) is 22.9 Å². The van der Waals surface area contributed by atoms with Crippen LogP contribution in [0.1, 0.15) is 42.6 Å². The number of nitrogens with zero attached hydrogens (tertiary/aromatic N) is 6. The summed E-state index contributed by atoms with van der Waals surface area (Å²) in [6, 6.07) is 6.07. The largest absolute Gasteiger partial charge is 0.326 e. The van der Waals surface area contributed by atoms with Crippen molar-refractivity contribution in [2.75, 3.05) is 5.32 Å².